The van der Waals surface area contributed by atoms with Crippen molar-refractivity contribution in [2.75, 3.05) is 31.1 Å². The van der Waals surface area contributed by atoms with Gasteiger partial charge in [0, 0.05) is 37.8 Å². The molecule has 0 radical (unpaired) electrons. The number of hydrogen-bond donors (Lipinski definition) is 2. The molecule has 3 rings (SSSR count). The number of fused-ring (bicyclic) bond motifs is 1. The number of alkyl halides is 2. The van der Waals surface area contributed by atoms with Gasteiger partial charge in [-0.1, -0.05) is 6.92 Å². The molecule has 0 bridgehead atoms. The molecular weight excluding hydrogens is 502 g/mol. The first-order valence-electron chi connectivity index (χ1n) is 12.8. The number of carboxylic acid groups (broad SMARTS) is 1. The number of anilines is 1. The molecule has 1 aromatic carbocycles. The highest BCUT2D eigenvalue weighted by atomic mass is 19.3. The fraction of sp³-hybridized carbons (Fsp3) is 0.615. The van der Waals surface area contributed by atoms with Crippen molar-refractivity contribution in [3.63, 3.8) is 0 Å². The van der Waals surface area contributed by atoms with Crippen molar-refractivity contribution in [3.05, 3.63) is 23.3 Å². The predicted octanol–water partition coefficient (Wildman–Crippen LogP) is 3.13. The smallest absolute Gasteiger partial charge is 0.407 e. The Bertz CT molecular complexity index is 1090. The Kier molecular flexibility index (Phi) is 8.83. The summed E-state index contributed by atoms with van der Waals surface area (Å²) in [5, 5.41) is 11.6. The van der Waals surface area contributed by atoms with Crippen LogP contribution in [0.5, 0.6) is 5.75 Å². The van der Waals surface area contributed by atoms with Gasteiger partial charge in [-0.2, -0.15) is 8.78 Å². The van der Waals surface area contributed by atoms with Crippen molar-refractivity contribution in [1.29, 1.82) is 0 Å². The summed E-state index contributed by atoms with van der Waals surface area (Å²) in [7, 11) is 0. The lowest BCUT2D eigenvalue weighted by molar-refractivity contribution is -0.133. The normalized spacial score (nSPS) is 18.8. The van der Waals surface area contributed by atoms with Gasteiger partial charge >= 0.3 is 12.5 Å². The summed E-state index contributed by atoms with van der Waals surface area (Å²) in [6.07, 6.45) is -2.41. The highest BCUT2D eigenvalue weighted by molar-refractivity contribution is 6.05. The zero-order valence-corrected chi connectivity index (χ0v) is 22.4. The van der Waals surface area contributed by atoms with Crippen LogP contribution in [0.25, 0.3) is 0 Å². The molecule has 0 saturated carbocycles. The minimum Gasteiger partial charge on any atom is -0.476 e. The second-order valence-electron chi connectivity index (χ2n) is 10.3. The monoisotopic (exact) mass is 538 g/mol. The molecule has 4 amide bonds. The average Bonchev–Trinajstić information content (AvgIpc) is 2.85. The highest BCUT2D eigenvalue weighted by Crippen LogP contribution is 2.40. The maximum atomic E-state index is 14.0. The number of hydrogen-bond acceptors (Lipinski definition) is 5. The third-order valence-corrected chi connectivity index (χ3v) is 6.90. The van der Waals surface area contributed by atoms with E-state index in [-0.39, 0.29) is 37.6 Å². The highest BCUT2D eigenvalue weighted by Gasteiger charge is 2.42. The van der Waals surface area contributed by atoms with Crippen LogP contribution in [0, 0.1) is 0 Å². The number of carbonyl (C=O) groups excluding carboxylic acids is 3. The van der Waals surface area contributed by atoms with Crippen LogP contribution in [0.2, 0.25) is 0 Å². The van der Waals surface area contributed by atoms with E-state index in [1.54, 1.807) is 30.9 Å². The molecule has 2 aliphatic heterocycles. The molecule has 1 atom stereocenters. The Morgan fingerprint density at radius 1 is 1.26 bits per heavy atom. The van der Waals surface area contributed by atoms with Gasteiger partial charge in [0.25, 0.3) is 17.7 Å². The molecule has 0 aliphatic carbocycles. The SMILES string of the molecule is CCc1cc2c(cc1C(=O)N(C(C)C)[C@@H]1CCCN(C(=O)O)C1)N(CCNC(=O)C(F)F)C(=O)C(C)(C)O2. The standard InChI is InChI=1S/C26H36F2N4O6/c1-6-16-12-20-19(31(24(35)26(4,5)38-20)11-9-29-22(33)21(27)28)13-18(16)23(34)32(15(2)3)17-8-7-10-30(14-17)25(36)37/h12-13,15,17,21H,6-11,14H2,1-5H3,(H,29,33)(H,36,37)/t17-/m1/s1. The van der Waals surface area contributed by atoms with Crippen LogP contribution >= 0.6 is 0 Å². The van der Waals surface area contributed by atoms with Crippen LogP contribution in [0.4, 0.5) is 19.3 Å². The van der Waals surface area contributed by atoms with Crippen LogP contribution in [-0.2, 0) is 16.0 Å². The van der Waals surface area contributed by atoms with Crippen molar-refractivity contribution in [3.8, 4) is 5.75 Å². The van der Waals surface area contributed by atoms with Gasteiger partial charge in [0.05, 0.1) is 11.7 Å². The number of nitrogens with one attached hydrogen (secondary N) is 1. The lowest BCUT2D eigenvalue weighted by Gasteiger charge is -2.42. The second-order valence-corrected chi connectivity index (χ2v) is 10.3. The van der Waals surface area contributed by atoms with E-state index >= 15 is 0 Å². The minimum atomic E-state index is -3.17. The van der Waals surface area contributed by atoms with E-state index in [9.17, 15) is 33.1 Å². The van der Waals surface area contributed by atoms with Gasteiger partial charge in [0.1, 0.15) is 5.75 Å². The number of rotatable bonds is 8. The topological polar surface area (TPSA) is 119 Å². The Labute approximate surface area is 220 Å². The summed E-state index contributed by atoms with van der Waals surface area (Å²) in [6.45, 7) is 9.12. The first-order chi connectivity index (χ1) is 17.8. The summed E-state index contributed by atoms with van der Waals surface area (Å²) >= 11 is 0. The van der Waals surface area contributed by atoms with Crippen molar-refractivity contribution in [2.24, 2.45) is 0 Å². The molecule has 0 unspecified atom stereocenters. The van der Waals surface area contributed by atoms with Crippen molar-refractivity contribution in [1.82, 2.24) is 15.1 Å². The van der Waals surface area contributed by atoms with Gasteiger partial charge in [-0.15, -0.1) is 0 Å². The number of likely N-dealkylation sites (tertiary alicyclic amines) is 1. The minimum absolute atomic E-state index is 0.0969. The summed E-state index contributed by atoms with van der Waals surface area (Å²) in [4.78, 5) is 54.5. The van der Waals surface area contributed by atoms with E-state index in [0.717, 1.165) is 0 Å². The van der Waals surface area contributed by atoms with Gasteiger partial charge < -0.3 is 29.9 Å². The molecule has 2 aliphatic rings. The Hall–Kier alpha value is -3.44. The lowest BCUT2D eigenvalue weighted by Crippen LogP contribution is -2.55. The summed E-state index contributed by atoms with van der Waals surface area (Å²) < 4.78 is 31.2. The van der Waals surface area contributed by atoms with Gasteiger partial charge in [0.15, 0.2) is 5.60 Å². The molecule has 0 spiro atoms. The van der Waals surface area contributed by atoms with Gasteiger partial charge in [0.2, 0.25) is 0 Å². The summed E-state index contributed by atoms with van der Waals surface area (Å²) in [6, 6.07) is 2.75. The van der Waals surface area contributed by atoms with Crippen LogP contribution in [-0.4, -0.2) is 89.0 Å². The number of piperidine rings is 1. The maximum Gasteiger partial charge on any atom is 0.407 e. The summed E-state index contributed by atoms with van der Waals surface area (Å²) in [5.41, 5.74) is 0.106. The Morgan fingerprint density at radius 2 is 1.95 bits per heavy atom. The van der Waals surface area contributed by atoms with Gasteiger partial charge in [-0.05, 0) is 64.7 Å². The molecule has 12 heteroatoms. The van der Waals surface area contributed by atoms with E-state index in [2.05, 4.69) is 5.32 Å². The number of carbonyl (C=O) groups is 4. The van der Waals surface area contributed by atoms with Gasteiger partial charge in [-0.25, -0.2) is 4.79 Å². The Morgan fingerprint density at radius 3 is 2.53 bits per heavy atom. The number of halogens is 2. The number of ether oxygens (including phenoxy) is 1. The molecular formula is C26H36F2N4O6. The fourth-order valence-corrected chi connectivity index (χ4v) is 5.05. The lowest BCUT2D eigenvalue weighted by atomic mass is 9.96. The molecule has 0 aromatic heterocycles. The number of nitrogens with zero attached hydrogens (tertiary/aromatic N) is 3. The average molecular weight is 539 g/mol. The second kappa shape index (κ2) is 11.5. The van der Waals surface area contributed by atoms with Gasteiger partial charge in [-0.3, -0.25) is 14.4 Å². The first kappa shape index (κ1) is 29.1. The van der Waals surface area contributed by atoms with E-state index in [0.29, 0.717) is 48.4 Å². The van der Waals surface area contributed by atoms with E-state index in [1.165, 1.54) is 9.80 Å². The van der Waals surface area contributed by atoms with Crippen LogP contribution in [0.3, 0.4) is 0 Å². The van der Waals surface area contributed by atoms with Crippen molar-refractivity contribution in [2.45, 2.75) is 78.0 Å². The molecule has 38 heavy (non-hydrogen) atoms. The molecule has 210 valence electrons. The zero-order chi connectivity index (χ0) is 28.4. The van der Waals surface area contributed by atoms with Crippen LogP contribution < -0.4 is 15.0 Å². The Balaban J connectivity index is 2.00. The molecule has 1 saturated heterocycles. The van der Waals surface area contributed by atoms with Crippen molar-refractivity contribution >= 4 is 29.5 Å². The fourth-order valence-electron chi connectivity index (χ4n) is 5.05. The van der Waals surface area contributed by atoms with E-state index < -0.39 is 29.9 Å². The number of aryl methyl sites for hydroxylation is 1. The molecule has 2 N–H and O–H groups in total. The number of benzene rings is 1. The van der Waals surface area contributed by atoms with Crippen molar-refractivity contribution < 1.29 is 37.8 Å². The van der Waals surface area contributed by atoms with E-state index in [4.69, 9.17) is 4.74 Å². The third-order valence-electron chi connectivity index (χ3n) is 6.90. The first-order valence-corrected chi connectivity index (χ1v) is 12.8. The number of amides is 4. The zero-order valence-electron chi connectivity index (χ0n) is 22.4. The third kappa shape index (κ3) is 5.99. The largest absolute Gasteiger partial charge is 0.476 e. The van der Waals surface area contributed by atoms with E-state index in [1.807, 2.05) is 20.8 Å². The predicted molar refractivity (Wildman–Crippen MR) is 136 cm³/mol. The quantitative estimate of drug-likeness (QED) is 0.525. The molecule has 1 fully saturated rings. The van der Waals surface area contributed by atoms with Crippen LogP contribution in [0.15, 0.2) is 12.1 Å². The molecule has 2 heterocycles. The van der Waals surface area contributed by atoms with Crippen LogP contribution in [0.1, 0.15) is 63.4 Å². The summed E-state index contributed by atoms with van der Waals surface area (Å²) in [5.74, 6) is -1.80. The molecule has 1 aromatic rings. The molecule has 10 nitrogen and oxygen atoms in total. The maximum absolute atomic E-state index is 14.0.